The van der Waals surface area contributed by atoms with Gasteiger partial charge in [0.2, 0.25) is 0 Å². The summed E-state index contributed by atoms with van der Waals surface area (Å²) < 4.78 is 5.48. The number of aryl methyl sites for hydroxylation is 2. The molecule has 0 aliphatic rings. The van der Waals surface area contributed by atoms with Gasteiger partial charge in [-0.25, -0.2) is 0 Å². The van der Waals surface area contributed by atoms with Crippen molar-refractivity contribution in [2.75, 3.05) is 26.7 Å². The lowest BCUT2D eigenvalue weighted by Gasteiger charge is -2.23. The minimum Gasteiger partial charge on any atom is -0.496 e. The molecule has 3 nitrogen and oxygen atoms in total. The van der Waals surface area contributed by atoms with Crippen molar-refractivity contribution >= 4 is 0 Å². The summed E-state index contributed by atoms with van der Waals surface area (Å²) in [5.74, 6) is 0.998. The summed E-state index contributed by atoms with van der Waals surface area (Å²) >= 11 is 0. The number of rotatable bonds is 7. The monoisotopic (exact) mass is 264 g/mol. The standard InChI is InChI=1S/C16H28N2O/c1-12-8-13(2)14(15(9-12)19-5)6-7-18-11-16(3,4)10-17/h8-9,18H,6-7,10-11,17H2,1-5H3. The van der Waals surface area contributed by atoms with E-state index in [1.54, 1.807) is 7.11 Å². The fourth-order valence-electron chi connectivity index (χ4n) is 2.17. The van der Waals surface area contributed by atoms with Crippen molar-refractivity contribution in [1.29, 1.82) is 0 Å². The quantitative estimate of drug-likeness (QED) is 0.744. The van der Waals surface area contributed by atoms with Crippen LogP contribution in [0.1, 0.15) is 30.5 Å². The maximum absolute atomic E-state index is 5.73. The van der Waals surface area contributed by atoms with Crippen molar-refractivity contribution in [3.05, 3.63) is 28.8 Å². The molecule has 0 spiro atoms. The van der Waals surface area contributed by atoms with Crippen LogP contribution in [-0.4, -0.2) is 26.7 Å². The molecule has 0 amide bonds. The molecule has 19 heavy (non-hydrogen) atoms. The van der Waals surface area contributed by atoms with Crippen molar-refractivity contribution in [3.63, 3.8) is 0 Å². The molecule has 3 heteroatoms. The largest absolute Gasteiger partial charge is 0.496 e. The SMILES string of the molecule is COc1cc(C)cc(C)c1CCNCC(C)(C)CN. The summed E-state index contributed by atoms with van der Waals surface area (Å²) in [4.78, 5) is 0. The highest BCUT2D eigenvalue weighted by Gasteiger charge is 2.14. The Kier molecular flexibility index (Phi) is 5.83. The lowest BCUT2D eigenvalue weighted by Crippen LogP contribution is -2.36. The van der Waals surface area contributed by atoms with Gasteiger partial charge < -0.3 is 15.8 Å². The van der Waals surface area contributed by atoms with E-state index in [1.807, 2.05) is 0 Å². The second-order valence-electron chi connectivity index (χ2n) is 6.06. The Morgan fingerprint density at radius 2 is 1.95 bits per heavy atom. The van der Waals surface area contributed by atoms with Crippen LogP contribution < -0.4 is 15.8 Å². The zero-order valence-electron chi connectivity index (χ0n) is 13.0. The summed E-state index contributed by atoms with van der Waals surface area (Å²) in [6.07, 6.45) is 0.982. The normalized spacial score (nSPS) is 11.7. The Hall–Kier alpha value is -1.06. The zero-order chi connectivity index (χ0) is 14.5. The first kappa shape index (κ1) is 16.0. The number of hydrogen-bond donors (Lipinski definition) is 2. The van der Waals surface area contributed by atoms with Gasteiger partial charge in [0.25, 0.3) is 0 Å². The number of benzene rings is 1. The van der Waals surface area contributed by atoms with E-state index in [9.17, 15) is 0 Å². The van der Waals surface area contributed by atoms with Crippen LogP contribution in [0.25, 0.3) is 0 Å². The summed E-state index contributed by atoms with van der Waals surface area (Å²) in [7, 11) is 1.74. The lowest BCUT2D eigenvalue weighted by atomic mass is 9.94. The number of hydrogen-bond acceptors (Lipinski definition) is 3. The summed E-state index contributed by atoms with van der Waals surface area (Å²) in [5, 5.41) is 3.48. The highest BCUT2D eigenvalue weighted by Crippen LogP contribution is 2.24. The number of nitrogens with one attached hydrogen (secondary N) is 1. The van der Waals surface area contributed by atoms with Crippen LogP contribution in [0.3, 0.4) is 0 Å². The Balaban J connectivity index is 2.58. The highest BCUT2D eigenvalue weighted by atomic mass is 16.5. The van der Waals surface area contributed by atoms with Gasteiger partial charge in [0, 0.05) is 6.54 Å². The zero-order valence-corrected chi connectivity index (χ0v) is 13.0. The maximum Gasteiger partial charge on any atom is 0.122 e. The predicted molar refractivity (Wildman–Crippen MR) is 81.9 cm³/mol. The van der Waals surface area contributed by atoms with E-state index >= 15 is 0 Å². The average Bonchev–Trinajstić information content (AvgIpc) is 2.35. The number of ether oxygens (including phenoxy) is 1. The molecule has 0 atom stereocenters. The van der Waals surface area contributed by atoms with E-state index in [1.165, 1.54) is 16.7 Å². The first-order valence-corrected chi connectivity index (χ1v) is 6.94. The lowest BCUT2D eigenvalue weighted by molar-refractivity contribution is 0.352. The van der Waals surface area contributed by atoms with E-state index in [4.69, 9.17) is 10.5 Å². The third-order valence-electron chi connectivity index (χ3n) is 3.50. The molecule has 0 aliphatic carbocycles. The maximum atomic E-state index is 5.73. The van der Waals surface area contributed by atoms with Crippen molar-refractivity contribution in [1.82, 2.24) is 5.32 Å². The minimum atomic E-state index is 0.159. The second-order valence-corrected chi connectivity index (χ2v) is 6.06. The van der Waals surface area contributed by atoms with Gasteiger partial charge in [0.15, 0.2) is 0 Å². The van der Waals surface area contributed by atoms with Crippen LogP contribution in [0.4, 0.5) is 0 Å². The first-order valence-electron chi connectivity index (χ1n) is 6.94. The molecular weight excluding hydrogens is 236 g/mol. The van der Waals surface area contributed by atoms with Crippen molar-refractivity contribution in [3.8, 4) is 5.75 Å². The molecule has 0 unspecified atom stereocenters. The van der Waals surface area contributed by atoms with Crippen LogP contribution in [0, 0.1) is 19.3 Å². The Labute approximate surface area is 117 Å². The Morgan fingerprint density at radius 3 is 2.53 bits per heavy atom. The van der Waals surface area contributed by atoms with Gasteiger partial charge in [-0.3, -0.25) is 0 Å². The minimum absolute atomic E-state index is 0.159. The van der Waals surface area contributed by atoms with Crippen molar-refractivity contribution in [2.24, 2.45) is 11.1 Å². The third-order valence-corrected chi connectivity index (χ3v) is 3.50. The molecule has 0 heterocycles. The van der Waals surface area contributed by atoms with E-state index in [0.717, 1.165) is 25.3 Å². The summed E-state index contributed by atoms with van der Waals surface area (Å²) in [5.41, 5.74) is 9.73. The highest BCUT2D eigenvalue weighted by molar-refractivity contribution is 5.43. The summed E-state index contributed by atoms with van der Waals surface area (Å²) in [6, 6.07) is 4.31. The van der Waals surface area contributed by atoms with Gasteiger partial charge >= 0.3 is 0 Å². The molecule has 0 fully saturated rings. The summed E-state index contributed by atoms with van der Waals surface area (Å²) in [6.45, 7) is 11.2. The molecule has 1 rings (SSSR count). The molecular formula is C16H28N2O. The molecule has 108 valence electrons. The third kappa shape index (κ3) is 4.84. The van der Waals surface area contributed by atoms with Gasteiger partial charge in [-0.15, -0.1) is 0 Å². The smallest absolute Gasteiger partial charge is 0.122 e. The van der Waals surface area contributed by atoms with E-state index in [-0.39, 0.29) is 5.41 Å². The number of methoxy groups -OCH3 is 1. The molecule has 0 aliphatic heterocycles. The van der Waals surface area contributed by atoms with Crippen molar-refractivity contribution < 1.29 is 4.74 Å². The van der Waals surface area contributed by atoms with Crippen LogP contribution in [-0.2, 0) is 6.42 Å². The number of nitrogens with two attached hydrogens (primary N) is 1. The van der Waals surface area contributed by atoms with Gasteiger partial charge in [-0.2, -0.15) is 0 Å². The molecule has 1 aromatic rings. The van der Waals surface area contributed by atoms with E-state index in [2.05, 4.69) is 45.1 Å². The fraction of sp³-hybridized carbons (Fsp3) is 0.625. The van der Waals surface area contributed by atoms with E-state index in [0.29, 0.717) is 6.54 Å². The molecule has 3 N–H and O–H groups in total. The van der Waals surface area contributed by atoms with Crippen LogP contribution in [0.15, 0.2) is 12.1 Å². The van der Waals surface area contributed by atoms with Crippen LogP contribution in [0.2, 0.25) is 0 Å². The molecule has 0 aromatic heterocycles. The first-order chi connectivity index (χ1) is 8.89. The van der Waals surface area contributed by atoms with Crippen LogP contribution in [0.5, 0.6) is 5.75 Å². The molecule has 1 aromatic carbocycles. The molecule has 0 saturated carbocycles. The van der Waals surface area contributed by atoms with E-state index < -0.39 is 0 Å². The van der Waals surface area contributed by atoms with Gasteiger partial charge in [-0.05, 0) is 61.5 Å². The Morgan fingerprint density at radius 1 is 1.26 bits per heavy atom. The fourth-order valence-corrected chi connectivity index (χ4v) is 2.17. The molecule has 0 bridgehead atoms. The van der Waals surface area contributed by atoms with Crippen molar-refractivity contribution in [2.45, 2.75) is 34.1 Å². The van der Waals surface area contributed by atoms with Gasteiger partial charge in [-0.1, -0.05) is 19.9 Å². The molecule has 0 radical (unpaired) electrons. The second kappa shape index (κ2) is 6.92. The molecule has 0 saturated heterocycles. The Bertz CT molecular complexity index is 413. The average molecular weight is 264 g/mol. The predicted octanol–water partition coefficient (Wildman–Crippen LogP) is 2.43. The van der Waals surface area contributed by atoms with Gasteiger partial charge in [0.05, 0.1) is 7.11 Å². The van der Waals surface area contributed by atoms with Crippen LogP contribution >= 0.6 is 0 Å². The topological polar surface area (TPSA) is 47.3 Å². The van der Waals surface area contributed by atoms with Gasteiger partial charge in [0.1, 0.15) is 5.75 Å².